The molecule has 0 aliphatic rings. The summed E-state index contributed by atoms with van der Waals surface area (Å²) in [5.74, 6) is -0.291. The van der Waals surface area contributed by atoms with Gasteiger partial charge in [-0.15, -0.1) is 0 Å². The van der Waals surface area contributed by atoms with Crippen LogP contribution in [0.15, 0.2) is 0 Å². The van der Waals surface area contributed by atoms with Crippen LogP contribution >= 0.6 is 0 Å². The van der Waals surface area contributed by atoms with Gasteiger partial charge in [-0.25, -0.2) is 0 Å². The molecule has 0 aliphatic carbocycles. The second kappa shape index (κ2) is 7.62. The van der Waals surface area contributed by atoms with Crippen LogP contribution in [-0.4, -0.2) is 46.6 Å². The molecule has 1 atom stereocenters. The standard InChI is InChI=1S/C10H21NO4/c1-10(8-11,9(12)14-3)4-5-15-7-6-13-2/h4-8,11H2,1-3H3. The molecule has 5 heteroatoms. The average Bonchev–Trinajstić information content (AvgIpc) is 2.27. The van der Waals surface area contributed by atoms with Crippen molar-refractivity contribution in [3.8, 4) is 0 Å². The lowest BCUT2D eigenvalue weighted by Gasteiger charge is -2.24. The first-order chi connectivity index (χ1) is 7.10. The van der Waals surface area contributed by atoms with Gasteiger partial charge in [-0.1, -0.05) is 0 Å². The molecule has 2 N–H and O–H groups in total. The first kappa shape index (κ1) is 14.3. The zero-order chi connectivity index (χ0) is 11.7. The number of rotatable bonds is 8. The van der Waals surface area contributed by atoms with Crippen LogP contribution in [0.2, 0.25) is 0 Å². The largest absolute Gasteiger partial charge is 0.469 e. The van der Waals surface area contributed by atoms with E-state index in [-0.39, 0.29) is 12.5 Å². The van der Waals surface area contributed by atoms with Crippen molar-refractivity contribution in [3.05, 3.63) is 0 Å². The highest BCUT2D eigenvalue weighted by atomic mass is 16.5. The Hall–Kier alpha value is -0.650. The Morgan fingerprint density at radius 2 is 1.93 bits per heavy atom. The molecule has 0 radical (unpaired) electrons. The topological polar surface area (TPSA) is 70.8 Å². The van der Waals surface area contributed by atoms with Crippen LogP contribution in [0.1, 0.15) is 13.3 Å². The molecule has 0 bridgehead atoms. The fourth-order valence-electron chi connectivity index (χ4n) is 1.08. The lowest BCUT2D eigenvalue weighted by atomic mass is 9.87. The molecule has 0 aliphatic heterocycles. The number of hydrogen-bond acceptors (Lipinski definition) is 5. The van der Waals surface area contributed by atoms with Crippen molar-refractivity contribution >= 4 is 5.97 Å². The minimum Gasteiger partial charge on any atom is -0.469 e. The first-order valence-corrected chi connectivity index (χ1v) is 4.96. The summed E-state index contributed by atoms with van der Waals surface area (Å²) in [6.45, 7) is 3.59. The molecule has 0 saturated heterocycles. The van der Waals surface area contributed by atoms with Gasteiger partial charge in [0.25, 0.3) is 0 Å². The fourth-order valence-corrected chi connectivity index (χ4v) is 1.08. The second-order valence-electron chi connectivity index (χ2n) is 3.61. The van der Waals surface area contributed by atoms with Crippen molar-refractivity contribution in [2.75, 3.05) is 40.6 Å². The zero-order valence-corrected chi connectivity index (χ0v) is 9.75. The summed E-state index contributed by atoms with van der Waals surface area (Å²) in [6, 6.07) is 0. The van der Waals surface area contributed by atoms with Crippen LogP contribution < -0.4 is 5.73 Å². The van der Waals surface area contributed by atoms with Crippen LogP contribution in [0.5, 0.6) is 0 Å². The minimum atomic E-state index is -0.651. The number of esters is 1. The second-order valence-corrected chi connectivity index (χ2v) is 3.61. The number of ether oxygens (including phenoxy) is 3. The summed E-state index contributed by atoms with van der Waals surface area (Å²) in [5, 5.41) is 0. The fraction of sp³-hybridized carbons (Fsp3) is 0.900. The average molecular weight is 219 g/mol. The molecule has 0 heterocycles. The van der Waals surface area contributed by atoms with Crippen LogP contribution in [-0.2, 0) is 19.0 Å². The monoisotopic (exact) mass is 219 g/mol. The quantitative estimate of drug-likeness (QED) is 0.465. The van der Waals surface area contributed by atoms with E-state index < -0.39 is 5.41 Å². The lowest BCUT2D eigenvalue weighted by Crippen LogP contribution is -2.37. The Bertz CT molecular complexity index is 186. The molecule has 0 saturated carbocycles. The van der Waals surface area contributed by atoms with Gasteiger partial charge in [0.05, 0.1) is 25.7 Å². The smallest absolute Gasteiger partial charge is 0.312 e. The molecule has 1 unspecified atom stereocenters. The van der Waals surface area contributed by atoms with Crippen molar-refractivity contribution in [1.29, 1.82) is 0 Å². The van der Waals surface area contributed by atoms with E-state index in [1.807, 2.05) is 0 Å². The van der Waals surface area contributed by atoms with E-state index in [2.05, 4.69) is 4.74 Å². The van der Waals surface area contributed by atoms with Gasteiger partial charge in [0.1, 0.15) is 0 Å². The lowest BCUT2D eigenvalue weighted by molar-refractivity contribution is -0.152. The van der Waals surface area contributed by atoms with Crippen LogP contribution in [0.25, 0.3) is 0 Å². The van der Waals surface area contributed by atoms with Gasteiger partial charge < -0.3 is 19.9 Å². The van der Waals surface area contributed by atoms with Gasteiger partial charge in [-0.05, 0) is 13.3 Å². The van der Waals surface area contributed by atoms with Gasteiger partial charge >= 0.3 is 5.97 Å². The first-order valence-electron chi connectivity index (χ1n) is 4.96. The highest BCUT2D eigenvalue weighted by Crippen LogP contribution is 2.21. The van der Waals surface area contributed by atoms with Crippen LogP contribution in [0.4, 0.5) is 0 Å². The minimum absolute atomic E-state index is 0.257. The third-order valence-electron chi connectivity index (χ3n) is 2.36. The number of methoxy groups -OCH3 is 2. The van der Waals surface area contributed by atoms with Crippen molar-refractivity contribution in [2.24, 2.45) is 11.1 Å². The van der Waals surface area contributed by atoms with Crippen LogP contribution in [0.3, 0.4) is 0 Å². The van der Waals surface area contributed by atoms with Crippen molar-refractivity contribution in [3.63, 3.8) is 0 Å². The summed E-state index contributed by atoms with van der Waals surface area (Å²) in [4.78, 5) is 11.4. The van der Waals surface area contributed by atoms with E-state index in [1.54, 1.807) is 14.0 Å². The van der Waals surface area contributed by atoms with Gasteiger partial charge in [0.2, 0.25) is 0 Å². The molecule has 5 nitrogen and oxygen atoms in total. The van der Waals surface area contributed by atoms with E-state index >= 15 is 0 Å². The van der Waals surface area contributed by atoms with Gasteiger partial charge in [0.15, 0.2) is 0 Å². The highest BCUT2D eigenvalue weighted by molar-refractivity contribution is 5.76. The molecule has 0 aromatic heterocycles. The van der Waals surface area contributed by atoms with E-state index in [4.69, 9.17) is 15.2 Å². The predicted octanol–water partition coefficient (Wildman–Crippen LogP) is 0.178. The Labute approximate surface area is 90.9 Å². The maximum absolute atomic E-state index is 11.4. The SMILES string of the molecule is COCCOCCC(C)(CN)C(=O)OC. The predicted molar refractivity (Wildman–Crippen MR) is 56.5 cm³/mol. The maximum atomic E-state index is 11.4. The van der Waals surface area contributed by atoms with Crippen molar-refractivity contribution in [2.45, 2.75) is 13.3 Å². The normalized spacial score (nSPS) is 14.7. The summed E-state index contributed by atoms with van der Waals surface area (Å²) < 4.78 is 14.8. The number of hydrogen-bond donors (Lipinski definition) is 1. The van der Waals surface area contributed by atoms with E-state index in [9.17, 15) is 4.79 Å². The Morgan fingerprint density at radius 1 is 1.27 bits per heavy atom. The molecule has 15 heavy (non-hydrogen) atoms. The Morgan fingerprint density at radius 3 is 2.40 bits per heavy atom. The third-order valence-corrected chi connectivity index (χ3v) is 2.36. The number of nitrogens with two attached hydrogens (primary N) is 1. The maximum Gasteiger partial charge on any atom is 0.312 e. The summed E-state index contributed by atoms with van der Waals surface area (Å²) in [7, 11) is 2.98. The molecule has 90 valence electrons. The summed E-state index contributed by atoms with van der Waals surface area (Å²) in [5.41, 5.74) is 4.89. The van der Waals surface area contributed by atoms with E-state index in [0.29, 0.717) is 26.2 Å². The van der Waals surface area contributed by atoms with Gasteiger partial charge in [-0.3, -0.25) is 4.79 Å². The van der Waals surface area contributed by atoms with E-state index in [0.717, 1.165) is 0 Å². The summed E-state index contributed by atoms with van der Waals surface area (Å²) >= 11 is 0. The van der Waals surface area contributed by atoms with E-state index in [1.165, 1.54) is 7.11 Å². The molecule has 0 amide bonds. The highest BCUT2D eigenvalue weighted by Gasteiger charge is 2.32. The Kier molecular flexibility index (Phi) is 7.29. The Balaban J connectivity index is 3.83. The molecule has 0 spiro atoms. The number of carbonyl (C=O) groups excluding carboxylic acids is 1. The van der Waals surface area contributed by atoms with Crippen molar-refractivity contribution in [1.82, 2.24) is 0 Å². The zero-order valence-electron chi connectivity index (χ0n) is 9.75. The molecule has 0 fully saturated rings. The number of carbonyl (C=O) groups is 1. The molecule has 0 rings (SSSR count). The van der Waals surface area contributed by atoms with Gasteiger partial charge in [0, 0.05) is 20.3 Å². The van der Waals surface area contributed by atoms with Crippen molar-refractivity contribution < 1.29 is 19.0 Å². The van der Waals surface area contributed by atoms with Gasteiger partial charge in [-0.2, -0.15) is 0 Å². The molecule has 0 aromatic carbocycles. The molecule has 0 aromatic rings. The summed E-state index contributed by atoms with van der Waals surface area (Å²) in [6.07, 6.45) is 0.555. The van der Waals surface area contributed by atoms with Crippen LogP contribution in [0, 0.1) is 5.41 Å². The molecular formula is C10H21NO4. The third kappa shape index (κ3) is 5.11. The molecular weight excluding hydrogens is 198 g/mol.